The molecule has 0 saturated carbocycles. The SMILES string of the molecule is Nc1scc(C(F)(F)F)c1[N+](=O)[O-]. The first-order valence-corrected chi connectivity index (χ1v) is 3.80. The number of rotatable bonds is 1. The van der Waals surface area contributed by atoms with Crippen LogP contribution in [0.25, 0.3) is 0 Å². The standard InChI is InChI=1S/C5H3F3N2O2S/c6-5(7,8)2-1-13-4(9)3(2)10(11)12/h1H,9H2. The van der Waals surface area contributed by atoms with Gasteiger partial charge >= 0.3 is 11.9 Å². The number of alkyl halides is 3. The van der Waals surface area contributed by atoms with E-state index in [1.165, 1.54) is 0 Å². The van der Waals surface area contributed by atoms with Crippen molar-refractivity contribution in [3.8, 4) is 0 Å². The number of nitrogens with zero attached hydrogens (tertiary/aromatic N) is 1. The molecule has 8 heteroatoms. The van der Waals surface area contributed by atoms with Gasteiger partial charge in [-0.05, 0) is 0 Å². The topological polar surface area (TPSA) is 69.2 Å². The Morgan fingerprint density at radius 3 is 2.38 bits per heavy atom. The van der Waals surface area contributed by atoms with E-state index >= 15 is 0 Å². The smallest absolute Gasteiger partial charge is 0.385 e. The van der Waals surface area contributed by atoms with Crippen LogP contribution in [-0.2, 0) is 6.18 Å². The lowest BCUT2D eigenvalue weighted by atomic mass is 10.3. The van der Waals surface area contributed by atoms with Gasteiger partial charge in [-0.1, -0.05) is 0 Å². The highest BCUT2D eigenvalue weighted by molar-refractivity contribution is 7.14. The van der Waals surface area contributed by atoms with Gasteiger partial charge < -0.3 is 5.73 Å². The van der Waals surface area contributed by atoms with Crippen LogP contribution in [0.5, 0.6) is 0 Å². The molecule has 0 saturated heterocycles. The third kappa shape index (κ3) is 1.72. The van der Waals surface area contributed by atoms with E-state index in [0.717, 1.165) is 0 Å². The molecule has 0 bridgehead atoms. The maximum atomic E-state index is 12.1. The van der Waals surface area contributed by atoms with Crippen LogP contribution >= 0.6 is 11.3 Å². The Hall–Kier alpha value is -1.31. The van der Waals surface area contributed by atoms with Crippen molar-refractivity contribution < 1.29 is 18.1 Å². The van der Waals surface area contributed by atoms with E-state index in [4.69, 9.17) is 5.73 Å². The van der Waals surface area contributed by atoms with Crippen molar-refractivity contribution >= 4 is 22.0 Å². The van der Waals surface area contributed by atoms with Gasteiger partial charge in [0.05, 0.1) is 4.92 Å². The summed E-state index contributed by atoms with van der Waals surface area (Å²) in [5.74, 6) is 0. The summed E-state index contributed by atoms with van der Waals surface area (Å²) in [4.78, 5) is 9.05. The maximum Gasteiger partial charge on any atom is 0.423 e. The van der Waals surface area contributed by atoms with E-state index in [2.05, 4.69) is 0 Å². The van der Waals surface area contributed by atoms with Gasteiger partial charge in [-0.2, -0.15) is 13.2 Å². The summed E-state index contributed by atoms with van der Waals surface area (Å²) < 4.78 is 36.2. The van der Waals surface area contributed by atoms with E-state index in [1.54, 1.807) is 0 Å². The highest BCUT2D eigenvalue weighted by atomic mass is 32.1. The number of anilines is 1. The van der Waals surface area contributed by atoms with Crippen LogP contribution < -0.4 is 5.73 Å². The number of hydrogen-bond donors (Lipinski definition) is 1. The van der Waals surface area contributed by atoms with Crippen LogP contribution in [0.2, 0.25) is 0 Å². The van der Waals surface area contributed by atoms with Crippen molar-refractivity contribution in [1.82, 2.24) is 0 Å². The summed E-state index contributed by atoms with van der Waals surface area (Å²) in [5, 5.41) is 10.4. The van der Waals surface area contributed by atoms with Crippen molar-refractivity contribution in [2.45, 2.75) is 6.18 Å². The molecule has 0 spiro atoms. The minimum atomic E-state index is -4.73. The predicted octanol–water partition coefficient (Wildman–Crippen LogP) is 2.26. The van der Waals surface area contributed by atoms with Crippen LogP contribution in [0.4, 0.5) is 23.9 Å². The second-order valence-electron chi connectivity index (χ2n) is 2.12. The molecule has 0 fully saturated rings. The fourth-order valence-corrected chi connectivity index (χ4v) is 1.54. The molecule has 0 unspecified atom stereocenters. The summed E-state index contributed by atoms with van der Waals surface area (Å²) in [5.41, 5.74) is 2.67. The molecule has 4 nitrogen and oxygen atoms in total. The fraction of sp³-hybridized carbons (Fsp3) is 0.200. The molecule has 72 valence electrons. The summed E-state index contributed by atoms with van der Waals surface area (Å²) in [6.07, 6.45) is -4.73. The number of nitro groups is 1. The summed E-state index contributed by atoms with van der Waals surface area (Å²) >= 11 is 0.502. The molecule has 1 aromatic rings. The zero-order valence-electron chi connectivity index (χ0n) is 5.96. The van der Waals surface area contributed by atoms with Gasteiger partial charge in [0.2, 0.25) is 0 Å². The third-order valence-corrected chi connectivity index (χ3v) is 2.08. The molecule has 0 aliphatic rings. The van der Waals surface area contributed by atoms with Crippen molar-refractivity contribution in [2.75, 3.05) is 5.73 Å². The summed E-state index contributed by atoms with van der Waals surface area (Å²) in [7, 11) is 0. The van der Waals surface area contributed by atoms with E-state index in [1.807, 2.05) is 0 Å². The van der Waals surface area contributed by atoms with Crippen LogP contribution in [0.15, 0.2) is 5.38 Å². The Morgan fingerprint density at radius 1 is 1.54 bits per heavy atom. The highest BCUT2D eigenvalue weighted by Crippen LogP contribution is 2.42. The lowest BCUT2D eigenvalue weighted by molar-refractivity contribution is -0.386. The van der Waals surface area contributed by atoms with Gasteiger partial charge in [-0.15, -0.1) is 11.3 Å². The van der Waals surface area contributed by atoms with Gasteiger partial charge in [-0.25, -0.2) is 0 Å². The number of thiophene rings is 1. The molecule has 0 radical (unpaired) electrons. The zero-order chi connectivity index (χ0) is 10.2. The van der Waals surface area contributed by atoms with Crippen molar-refractivity contribution in [3.63, 3.8) is 0 Å². The zero-order valence-corrected chi connectivity index (χ0v) is 6.78. The monoisotopic (exact) mass is 212 g/mol. The largest absolute Gasteiger partial charge is 0.423 e. The number of nitrogen functional groups attached to an aromatic ring is 1. The molecular formula is C5H3F3N2O2S. The Kier molecular flexibility index (Phi) is 2.16. The molecule has 1 heterocycles. The molecule has 0 atom stereocenters. The minimum absolute atomic E-state index is 0.433. The van der Waals surface area contributed by atoms with E-state index in [0.29, 0.717) is 16.7 Å². The highest BCUT2D eigenvalue weighted by Gasteiger charge is 2.40. The van der Waals surface area contributed by atoms with E-state index < -0.39 is 27.4 Å². The second kappa shape index (κ2) is 2.87. The number of nitrogens with two attached hydrogens (primary N) is 1. The fourth-order valence-electron chi connectivity index (χ4n) is 0.756. The van der Waals surface area contributed by atoms with Crippen LogP contribution in [0, 0.1) is 10.1 Å². The molecule has 1 aromatic heterocycles. The lowest BCUT2D eigenvalue weighted by Gasteiger charge is -2.01. The van der Waals surface area contributed by atoms with Gasteiger partial charge in [0.25, 0.3) is 0 Å². The number of halogens is 3. The summed E-state index contributed by atoms with van der Waals surface area (Å²) in [6, 6.07) is 0. The predicted molar refractivity (Wildman–Crippen MR) is 40.4 cm³/mol. The van der Waals surface area contributed by atoms with E-state index in [9.17, 15) is 23.3 Å². The normalized spacial score (nSPS) is 11.6. The molecule has 1 rings (SSSR count). The van der Waals surface area contributed by atoms with Gasteiger partial charge in [0.15, 0.2) is 5.00 Å². The van der Waals surface area contributed by atoms with Gasteiger partial charge in [0.1, 0.15) is 5.56 Å². The Balaban J connectivity index is 3.31. The van der Waals surface area contributed by atoms with Crippen LogP contribution in [-0.4, -0.2) is 4.92 Å². The maximum absolute atomic E-state index is 12.1. The molecule has 0 aromatic carbocycles. The minimum Gasteiger partial charge on any atom is -0.385 e. The molecule has 0 aliphatic carbocycles. The van der Waals surface area contributed by atoms with Crippen LogP contribution in [0.3, 0.4) is 0 Å². The van der Waals surface area contributed by atoms with Crippen LogP contribution in [0.1, 0.15) is 5.56 Å². The average molecular weight is 212 g/mol. The quantitative estimate of drug-likeness (QED) is 0.573. The number of hydrogen-bond acceptors (Lipinski definition) is 4. The molecule has 0 amide bonds. The van der Waals surface area contributed by atoms with Gasteiger partial charge in [-0.3, -0.25) is 10.1 Å². The molecule has 0 aliphatic heterocycles. The average Bonchev–Trinajstić information content (AvgIpc) is 2.28. The van der Waals surface area contributed by atoms with Crippen molar-refractivity contribution in [3.05, 3.63) is 21.1 Å². The molecule has 13 heavy (non-hydrogen) atoms. The van der Waals surface area contributed by atoms with E-state index in [-0.39, 0.29) is 0 Å². The first-order valence-electron chi connectivity index (χ1n) is 2.92. The van der Waals surface area contributed by atoms with Crippen molar-refractivity contribution in [2.24, 2.45) is 0 Å². The first kappa shape index (κ1) is 9.78. The first-order chi connectivity index (χ1) is 5.84. The Labute approximate surface area is 73.9 Å². The Morgan fingerprint density at radius 2 is 2.08 bits per heavy atom. The van der Waals surface area contributed by atoms with Gasteiger partial charge in [0, 0.05) is 5.38 Å². The Bertz CT molecular complexity index is 346. The third-order valence-electron chi connectivity index (χ3n) is 1.28. The molecule has 2 N–H and O–H groups in total. The lowest BCUT2D eigenvalue weighted by Crippen LogP contribution is -2.07. The summed E-state index contributed by atoms with van der Waals surface area (Å²) in [6.45, 7) is 0. The second-order valence-corrected chi connectivity index (χ2v) is 3.03. The molecular weight excluding hydrogens is 209 g/mol. The van der Waals surface area contributed by atoms with Crippen molar-refractivity contribution in [1.29, 1.82) is 0 Å².